The minimum absolute atomic E-state index is 0.213. The average molecular weight is 454 g/mol. The quantitative estimate of drug-likeness (QED) is 0.133. The van der Waals surface area contributed by atoms with E-state index >= 15 is 0 Å². The third-order valence-electron chi connectivity index (χ3n) is 7.00. The highest BCUT2D eigenvalue weighted by molar-refractivity contribution is 5.67. The zero-order valence-electron chi connectivity index (χ0n) is 22.4. The minimum Gasteiger partial charge on any atom is -0.481 e. The summed E-state index contributed by atoms with van der Waals surface area (Å²) in [6, 6.07) is 0.213. The molecule has 0 saturated carbocycles. The van der Waals surface area contributed by atoms with Crippen LogP contribution in [-0.4, -0.2) is 35.1 Å². The lowest BCUT2D eigenvalue weighted by molar-refractivity contribution is -0.138. The molecule has 0 aliphatic rings. The van der Waals surface area contributed by atoms with E-state index in [0.29, 0.717) is 6.42 Å². The molecule has 1 unspecified atom stereocenters. The summed E-state index contributed by atoms with van der Waals surface area (Å²) in [4.78, 5) is 13.8. The molecule has 1 N–H and O–H groups in total. The van der Waals surface area contributed by atoms with Crippen LogP contribution in [0.4, 0.5) is 0 Å². The van der Waals surface area contributed by atoms with Gasteiger partial charge in [-0.05, 0) is 32.4 Å². The lowest BCUT2D eigenvalue weighted by Crippen LogP contribution is -2.38. The van der Waals surface area contributed by atoms with Crippen molar-refractivity contribution in [1.29, 1.82) is 0 Å². The van der Waals surface area contributed by atoms with Gasteiger partial charge in [-0.25, -0.2) is 0 Å². The zero-order valence-corrected chi connectivity index (χ0v) is 22.4. The molecule has 0 rings (SSSR count). The Morgan fingerprint density at radius 3 is 1.16 bits per heavy atom. The molecule has 3 heteroatoms. The Bertz CT molecular complexity index is 361. The highest BCUT2D eigenvalue weighted by atomic mass is 16.4. The molecule has 192 valence electrons. The smallest absolute Gasteiger partial charge is 0.304 e. The van der Waals surface area contributed by atoms with Crippen molar-refractivity contribution in [2.24, 2.45) is 0 Å². The maximum absolute atomic E-state index is 11.3. The van der Waals surface area contributed by atoms with Gasteiger partial charge in [0, 0.05) is 6.04 Å². The van der Waals surface area contributed by atoms with Gasteiger partial charge in [-0.1, -0.05) is 136 Å². The maximum Gasteiger partial charge on any atom is 0.304 e. The Balaban J connectivity index is 3.97. The predicted octanol–water partition coefficient (Wildman–Crippen LogP) is 9.38. The van der Waals surface area contributed by atoms with Crippen LogP contribution in [0.25, 0.3) is 0 Å². The van der Waals surface area contributed by atoms with Gasteiger partial charge in [0.05, 0.1) is 6.42 Å². The van der Waals surface area contributed by atoms with Crippen LogP contribution < -0.4 is 0 Å². The van der Waals surface area contributed by atoms with Gasteiger partial charge >= 0.3 is 5.97 Å². The molecular weight excluding hydrogens is 394 g/mol. The van der Waals surface area contributed by atoms with E-state index in [1.165, 1.54) is 128 Å². The number of carbonyl (C=O) groups is 1. The molecule has 0 aromatic heterocycles. The van der Waals surface area contributed by atoms with Gasteiger partial charge in [-0.3, -0.25) is 9.69 Å². The fraction of sp³-hybridized carbons (Fsp3) is 0.966. The Morgan fingerprint density at radius 1 is 0.562 bits per heavy atom. The molecule has 0 aliphatic carbocycles. The molecule has 0 aliphatic heterocycles. The van der Waals surface area contributed by atoms with Gasteiger partial charge < -0.3 is 5.11 Å². The standard InChI is InChI=1S/C29H59NO2/c1-4-7-9-11-13-15-17-19-21-23-25-30(28(6-3)27-29(31)32)26-24-22-20-18-16-14-12-10-8-5-2/h28H,4-27H2,1-3H3,(H,31,32). The van der Waals surface area contributed by atoms with Gasteiger partial charge in [0.1, 0.15) is 0 Å². The van der Waals surface area contributed by atoms with Crippen molar-refractivity contribution >= 4 is 5.97 Å². The van der Waals surface area contributed by atoms with Crippen LogP contribution in [0.1, 0.15) is 162 Å². The Labute approximate surface area is 202 Å². The monoisotopic (exact) mass is 453 g/mol. The number of carboxylic acids is 1. The van der Waals surface area contributed by atoms with Crippen molar-refractivity contribution in [1.82, 2.24) is 4.90 Å². The van der Waals surface area contributed by atoms with E-state index in [2.05, 4.69) is 25.7 Å². The van der Waals surface area contributed by atoms with Crippen LogP contribution in [0.5, 0.6) is 0 Å². The van der Waals surface area contributed by atoms with E-state index in [1.54, 1.807) is 0 Å². The molecule has 32 heavy (non-hydrogen) atoms. The number of hydrogen-bond donors (Lipinski definition) is 1. The lowest BCUT2D eigenvalue weighted by atomic mass is 10.0. The Hall–Kier alpha value is -0.570. The fourth-order valence-corrected chi connectivity index (χ4v) is 4.81. The van der Waals surface area contributed by atoms with Gasteiger partial charge in [-0.15, -0.1) is 0 Å². The van der Waals surface area contributed by atoms with Crippen molar-refractivity contribution in [3.05, 3.63) is 0 Å². The minimum atomic E-state index is -0.645. The van der Waals surface area contributed by atoms with Crippen molar-refractivity contribution in [2.45, 2.75) is 168 Å². The molecule has 1 atom stereocenters. The number of rotatable bonds is 26. The summed E-state index contributed by atoms with van der Waals surface area (Å²) in [5.41, 5.74) is 0. The summed E-state index contributed by atoms with van der Waals surface area (Å²) >= 11 is 0. The third-order valence-corrected chi connectivity index (χ3v) is 7.00. The SMILES string of the molecule is CCCCCCCCCCCCN(CCCCCCCCCCCC)C(CC)CC(=O)O. The molecule has 0 fully saturated rings. The van der Waals surface area contributed by atoms with Gasteiger partial charge in [0.2, 0.25) is 0 Å². The van der Waals surface area contributed by atoms with E-state index in [1.807, 2.05) is 0 Å². The lowest BCUT2D eigenvalue weighted by Gasteiger charge is -2.30. The van der Waals surface area contributed by atoms with Crippen LogP contribution in [0, 0.1) is 0 Å². The zero-order chi connectivity index (χ0) is 23.7. The van der Waals surface area contributed by atoms with Crippen molar-refractivity contribution < 1.29 is 9.90 Å². The summed E-state index contributed by atoms with van der Waals surface area (Å²) in [6.07, 6.45) is 28.4. The predicted molar refractivity (Wildman–Crippen MR) is 142 cm³/mol. The topological polar surface area (TPSA) is 40.5 Å². The summed E-state index contributed by atoms with van der Waals surface area (Å²) in [5.74, 6) is -0.645. The van der Waals surface area contributed by atoms with E-state index in [0.717, 1.165) is 19.5 Å². The molecular formula is C29H59NO2. The van der Waals surface area contributed by atoms with E-state index in [9.17, 15) is 9.90 Å². The van der Waals surface area contributed by atoms with Crippen LogP contribution in [0.3, 0.4) is 0 Å². The molecule has 3 nitrogen and oxygen atoms in total. The van der Waals surface area contributed by atoms with E-state index in [-0.39, 0.29) is 6.04 Å². The highest BCUT2D eigenvalue weighted by Crippen LogP contribution is 2.16. The largest absolute Gasteiger partial charge is 0.481 e. The molecule has 0 spiro atoms. The second kappa shape index (κ2) is 25.1. The number of hydrogen-bond acceptors (Lipinski definition) is 2. The van der Waals surface area contributed by atoms with Crippen LogP contribution in [-0.2, 0) is 4.79 Å². The first-order valence-corrected chi connectivity index (χ1v) is 14.6. The summed E-state index contributed by atoms with van der Waals surface area (Å²) in [6.45, 7) is 8.87. The summed E-state index contributed by atoms with van der Waals surface area (Å²) in [5, 5.41) is 9.33. The highest BCUT2D eigenvalue weighted by Gasteiger charge is 2.19. The van der Waals surface area contributed by atoms with Crippen LogP contribution in [0.2, 0.25) is 0 Å². The summed E-state index contributed by atoms with van der Waals surface area (Å²) in [7, 11) is 0. The normalized spacial score (nSPS) is 12.5. The molecule has 0 radical (unpaired) electrons. The average Bonchev–Trinajstić information content (AvgIpc) is 2.78. The first-order chi connectivity index (χ1) is 15.7. The van der Waals surface area contributed by atoms with Crippen LogP contribution >= 0.6 is 0 Å². The van der Waals surface area contributed by atoms with Gasteiger partial charge in [-0.2, -0.15) is 0 Å². The fourth-order valence-electron chi connectivity index (χ4n) is 4.81. The number of aliphatic carboxylic acids is 1. The van der Waals surface area contributed by atoms with Gasteiger partial charge in [0.15, 0.2) is 0 Å². The van der Waals surface area contributed by atoms with Crippen LogP contribution in [0.15, 0.2) is 0 Å². The Morgan fingerprint density at radius 2 is 0.875 bits per heavy atom. The maximum atomic E-state index is 11.3. The second-order valence-corrected chi connectivity index (χ2v) is 10.1. The van der Waals surface area contributed by atoms with Crippen molar-refractivity contribution in [3.8, 4) is 0 Å². The van der Waals surface area contributed by atoms with Crippen molar-refractivity contribution in [2.75, 3.05) is 13.1 Å². The first kappa shape index (κ1) is 31.4. The number of unbranched alkanes of at least 4 members (excludes halogenated alkanes) is 18. The molecule has 0 bridgehead atoms. The molecule has 0 aromatic rings. The molecule has 0 amide bonds. The van der Waals surface area contributed by atoms with Gasteiger partial charge in [0.25, 0.3) is 0 Å². The third kappa shape index (κ3) is 21.3. The van der Waals surface area contributed by atoms with E-state index in [4.69, 9.17) is 0 Å². The van der Waals surface area contributed by atoms with Crippen molar-refractivity contribution in [3.63, 3.8) is 0 Å². The second-order valence-electron chi connectivity index (χ2n) is 10.1. The number of nitrogens with zero attached hydrogens (tertiary/aromatic N) is 1. The molecule has 0 saturated heterocycles. The Kier molecular flexibility index (Phi) is 24.6. The number of carboxylic acid groups (broad SMARTS) is 1. The summed E-state index contributed by atoms with van der Waals surface area (Å²) < 4.78 is 0. The first-order valence-electron chi connectivity index (χ1n) is 14.6. The van der Waals surface area contributed by atoms with E-state index < -0.39 is 5.97 Å². The molecule has 0 aromatic carbocycles. The molecule has 0 heterocycles.